The Morgan fingerprint density at radius 3 is 1.17 bits per heavy atom. The first-order valence-electron chi connectivity index (χ1n) is 14.7. The number of amides is 3. The molecule has 0 radical (unpaired) electrons. The van der Waals surface area contributed by atoms with Crippen LogP contribution in [0.1, 0.15) is 40.5 Å². The molecular weight excluding hydrogens is 606 g/mol. The summed E-state index contributed by atoms with van der Waals surface area (Å²) in [6.45, 7) is 17.5. The van der Waals surface area contributed by atoms with E-state index in [1.165, 1.54) is 20.8 Å². The molecule has 0 heterocycles. The lowest BCUT2D eigenvalue weighted by Crippen LogP contribution is -2.37. The normalized spacial score (nSPS) is 10.7. The van der Waals surface area contributed by atoms with Gasteiger partial charge in [0.25, 0.3) is 17.7 Å². The van der Waals surface area contributed by atoms with E-state index in [2.05, 4.69) is 35.7 Å². The van der Waals surface area contributed by atoms with Crippen LogP contribution in [-0.4, -0.2) is 115 Å². The first-order valence-corrected chi connectivity index (χ1v) is 14.7. The molecule has 3 amide bonds. The Kier molecular flexibility index (Phi) is 22.0. The fourth-order valence-electron chi connectivity index (χ4n) is 3.24. The lowest BCUT2D eigenvalue weighted by atomic mass is 9.83. The van der Waals surface area contributed by atoms with E-state index < -0.39 is 60.9 Å². The molecular formula is C31H49N3O12. The van der Waals surface area contributed by atoms with Crippen LogP contribution < -0.4 is 16.0 Å². The van der Waals surface area contributed by atoms with Crippen LogP contribution in [0, 0.1) is 5.41 Å². The molecule has 0 aliphatic heterocycles. The van der Waals surface area contributed by atoms with E-state index in [1.807, 2.05) is 6.92 Å². The molecule has 0 saturated carbocycles. The number of hydrogen-bond donors (Lipinski definition) is 3. The monoisotopic (exact) mass is 655 g/mol. The first-order chi connectivity index (χ1) is 21.7. The van der Waals surface area contributed by atoms with Gasteiger partial charge in [-0.15, -0.1) is 0 Å². The van der Waals surface area contributed by atoms with Gasteiger partial charge in [0.2, 0.25) is 0 Å². The van der Waals surface area contributed by atoms with Crippen molar-refractivity contribution < 1.29 is 57.2 Å². The Morgan fingerprint density at radius 2 is 0.870 bits per heavy atom. The van der Waals surface area contributed by atoms with Crippen LogP contribution in [0.15, 0.2) is 36.5 Å². The van der Waals surface area contributed by atoms with Crippen molar-refractivity contribution in [3.8, 4) is 0 Å². The molecule has 0 rings (SSSR count). The lowest BCUT2D eigenvalue weighted by Gasteiger charge is -2.32. The zero-order valence-electron chi connectivity index (χ0n) is 27.4. The summed E-state index contributed by atoms with van der Waals surface area (Å²) in [5.74, 6) is -3.38. The van der Waals surface area contributed by atoms with E-state index in [0.29, 0.717) is 19.4 Å². The quantitative estimate of drug-likeness (QED) is 0.0507. The van der Waals surface area contributed by atoms with Gasteiger partial charge in [-0.05, 0) is 33.6 Å². The van der Waals surface area contributed by atoms with E-state index in [4.69, 9.17) is 28.4 Å². The van der Waals surface area contributed by atoms with Gasteiger partial charge in [-0.25, -0.2) is 14.4 Å². The van der Waals surface area contributed by atoms with Gasteiger partial charge >= 0.3 is 17.9 Å². The lowest BCUT2D eigenvalue weighted by molar-refractivity contribution is -0.145. The second-order valence-electron chi connectivity index (χ2n) is 10.4. The van der Waals surface area contributed by atoms with Gasteiger partial charge in [0.05, 0.1) is 33.0 Å². The van der Waals surface area contributed by atoms with E-state index in [1.54, 1.807) is 0 Å². The largest absolute Gasteiger partial charge is 0.452 e. The van der Waals surface area contributed by atoms with Gasteiger partial charge in [-0.2, -0.15) is 0 Å². The zero-order valence-corrected chi connectivity index (χ0v) is 27.4. The molecule has 0 saturated heterocycles. The fraction of sp³-hybridized carbons (Fsp3) is 0.613. The molecule has 46 heavy (non-hydrogen) atoms. The fourth-order valence-corrected chi connectivity index (χ4v) is 3.24. The third-order valence-corrected chi connectivity index (χ3v) is 6.10. The van der Waals surface area contributed by atoms with Crippen LogP contribution in [0.5, 0.6) is 0 Å². The maximum absolute atomic E-state index is 11.9. The molecule has 0 aliphatic carbocycles. The van der Waals surface area contributed by atoms with Crippen LogP contribution in [0.3, 0.4) is 0 Å². The van der Waals surface area contributed by atoms with Gasteiger partial charge in [-0.1, -0.05) is 26.7 Å². The highest BCUT2D eigenvalue weighted by Gasteiger charge is 2.29. The predicted molar refractivity (Wildman–Crippen MR) is 166 cm³/mol. The summed E-state index contributed by atoms with van der Waals surface area (Å²) in [6, 6.07) is 0. The van der Waals surface area contributed by atoms with Crippen molar-refractivity contribution in [2.24, 2.45) is 5.41 Å². The number of nitrogens with one attached hydrogen (secondary N) is 3. The number of esters is 3. The van der Waals surface area contributed by atoms with Crippen molar-refractivity contribution in [3.05, 3.63) is 36.5 Å². The highest BCUT2D eigenvalue weighted by atomic mass is 16.5. The number of hydrogen-bond acceptors (Lipinski definition) is 12. The van der Waals surface area contributed by atoms with Crippen LogP contribution in [0.4, 0.5) is 0 Å². The van der Waals surface area contributed by atoms with E-state index in [9.17, 15) is 28.8 Å². The minimum atomic E-state index is -0.654. The molecule has 0 aliphatic rings. The van der Waals surface area contributed by atoms with Crippen molar-refractivity contribution in [1.82, 2.24) is 16.0 Å². The van der Waals surface area contributed by atoms with Crippen molar-refractivity contribution in [1.29, 1.82) is 0 Å². The summed E-state index contributed by atoms with van der Waals surface area (Å²) in [5, 5.41) is 7.79. The molecule has 0 unspecified atom stereocenters. The number of ether oxygens (including phenoxy) is 6. The number of carbonyl (C=O) groups is 6. The summed E-state index contributed by atoms with van der Waals surface area (Å²) in [4.78, 5) is 69.8. The molecule has 15 nitrogen and oxygen atoms in total. The van der Waals surface area contributed by atoms with Crippen LogP contribution in [0.2, 0.25) is 0 Å². The second-order valence-corrected chi connectivity index (χ2v) is 10.4. The molecule has 0 bridgehead atoms. The Balaban J connectivity index is 4.74. The Morgan fingerprint density at radius 1 is 0.543 bits per heavy atom. The van der Waals surface area contributed by atoms with Gasteiger partial charge < -0.3 is 44.4 Å². The van der Waals surface area contributed by atoms with Crippen molar-refractivity contribution >= 4 is 35.6 Å². The average Bonchev–Trinajstić information content (AvgIpc) is 3.01. The maximum Gasteiger partial charge on any atom is 0.333 e. The van der Waals surface area contributed by atoms with E-state index in [0.717, 1.165) is 0 Å². The maximum atomic E-state index is 11.9. The van der Waals surface area contributed by atoms with Gasteiger partial charge in [0.1, 0.15) is 0 Å². The van der Waals surface area contributed by atoms with Crippen molar-refractivity contribution in [3.63, 3.8) is 0 Å². The standard InChI is InChI=1S/C31H49N3O12/c1-8-31(20-42-15-11-33-26(36)18-45-29(39)23(4)5,21-43-16-12-34-27(37)19-46-30(40)24(6)7)9-13-41-14-10-32-25(35)17-44-28(38)22(2)3/h2,4,6,8-21H2,1,3,5,7H3,(H,32,35)(H,33,36)(H,34,37). The van der Waals surface area contributed by atoms with E-state index >= 15 is 0 Å². The van der Waals surface area contributed by atoms with Crippen LogP contribution in [0.25, 0.3) is 0 Å². The third-order valence-electron chi connectivity index (χ3n) is 6.10. The van der Waals surface area contributed by atoms with Crippen LogP contribution in [-0.2, 0) is 57.2 Å². The minimum absolute atomic E-state index is 0.184. The van der Waals surface area contributed by atoms with Crippen molar-refractivity contribution in [2.75, 3.05) is 79.1 Å². The average molecular weight is 656 g/mol. The smallest absolute Gasteiger partial charge is 0.333 e. The molecule has 0 aromatic carbocycles. The summed E-state index contributed by atoms with van der Waals surface area (Å²) >= 11 is 0. The molecule has 0 fully saturated rings. The molecule has 0 spiro atoms. The third kappa shape index (κ3) is 20.8. The molecule has 3 N–H and O–H groups in total. The molecule has 15 heteroatoms. The Labute approximate surface area is 270 Å². The summed E-state index contributed by atoms with van der Waals surface area (Å²) in [6.07, 6.45) is 1.17. The summed E-state index contributed by atoms with van der Waals surface area (Å²) in [5.41, 5.74) is 0.0931. The summed E-state index contributed by atoms with van der Waals surface area (Å²) < 4.78 is 31.8. The highest BCUT2D eigenvalue weighted by Crippen LogP contribution is 2.28. The van der Waals surface area contributed by atoms with Gasteiger partial charge in [0, 0.05) is 48.4 Å². The Hall–Kier alpha value is -4.08. The topological polar surface area (TPSA) is 194 Å². The van der Waals surface area contributed by atoms with Gasteiger partial charge in [-0.3, -0.25) is 14.4 Å². The first kappa shape index (κ1) is 41.9. The zero-order chi connectivity index (χ0) is 35.0. The summed E-state index contributed by atoms with van der Waals surface area (Å²) in [7, 11) is 0. The predicted octanol–water partition coefficient (Wildman–Crippen LogP) is 0.529. The molecule has 0 aromatic rings. The highest BCUT2D eigenvalue weighted by molar-refractivity contribution is 5.90. The number of carbonyl (C=O) groups excluding carboxylic acids is 6. The minimum Gasteiger partial charge on any atom is -0.452 e. The van der Waals surface area contributed by atoms with Crippen LogP contribution >= 0.6 is 0 Å². The Bertz CT molecular complexity index is 1020. The molecule has 260 valence electrons. The van der Waals surface area contributed by atoms with Crippen molar-refractivity contribution in [2.45, 2.75) is 40.5 Å². The van der Waals surface area contributed by atoms with Gasteiger partial charge in [0.15, 0.2) is 19.8 Å². The number of rotatable bonds is 26. The van der Waals surface area contributed by atoms with E-state index in [-0.39, 0.29) is 69.4 Å². The second kappa shape index (κ2) is 24.2. The molecule has 0 atom stereocenters. The molecule has 0 aromatic heterocycles. The SMILES string of the molecule is C=C(C)C(=O)OCC(=O)NCCOCCC(CC)(COCCNC(=O)COC(=O)C(=C)C)COCCNC(=O)COC(=O)C(=C)C.